The normalized spacial score (nSPS) is 15.1. The van der Waals surface area contributed by atoms with E-state index in [1.54, 1.807) is 55.5 Å². The molecule has 11 heteroatoms. The van der Waals surface area contributed by atoms with Gasteiger partial charge in [-0.15, -0.1) is 0 Å². The van der Waals surface area contributed by atoms with Crippen molar-refractivity contribution in [3.8, 4) is 11.3 Å². The first-order valence-corrected chi connectivity index (χ1v) is 14.7. The van der Waals surface area contributed by atoms with Crippen LogP contribution in [-0.4, -0.2) is 48.2 Å². The second kappa shape index (κ2) is 11.4. The van der Waals surface area contributed by atoms with Crippen LogP contribution in [0.5, 0.6) is 0 Å². The van der Waals surface area contributed by atoms with Gasteiger partial charge in [-0.05, 0) is 49.9 Å². The highest BCUT2D eigenvalue weighted by Crippen LogP contribution is 2.35. The number of ketones is 1. The molecule has 1 aliphatic heterocycles. The van der Waals surface area contributed by atoms with Gasteiger partial charge in [0.1, 0.15) is 4.88 Å². The maximum Gasteiger partial charge on any atom is 0.226 e. The Hall–Kier alpha value is -2.30. The summed E-state index contributed by atoms with van der Waals surface area (Å²) in [5, 5.41) is 3.96. The summed E-state index contributed by atoms with van der Waals surface area (Å²) < 4.78 is 25.6. The Morgan fingerprint density at radius 2 is 1.83 bits per heavy atom. The molecule has 1 saturated heterocycles. The van der Waals surface area contributed by atoms with Crippen molar-refractivity contribution in [1.82, 2.24) is 9.29 Å². The lowest BCUT2D eigenvalue weighted by atomic mass is 9.94. The van der Waals surface area contributed by atoms with E-state index < -0.39 is 10.0 Å². The van der Waals surface area contributed by atoms with Gasteiger partial charge in [-0.1, -0.05) is 58.8 Å². The average Bonchev–Trinajstić information content (AvgIpc) is 3.28. The van der Waals surface area contributed by atoms with E-state index >= 15 is 0 Å². The zero-order valence-corrected chi connectivity index (χ0v) is 22.7. The first-order chi connectivity index (χ1) is 17.2. The molecule has 1 N–H and O–H groups in total. The molecule has 2 aromatic carbocycles. The van der Waals surface area contributed by atoms with Crippen molar-refractivity contribution in [2.45, 2.75) is 26.2 Å². The Kier molecular flexibility index (Phi) is 8.47. The predicted molar refractivity (Wildman–Crippen MR) is 144 cm³/mol. The van der Waals surface area contributed by atoms with Crippen molar-refractivity contribution in [2.24, 2.45) is 5.92 Å². The molecule has 36 heavy (non-hydrogen) atoms. The van der Waals surface area contributed by atoms with Crippen molar-refractivity contribution in [2.75, 3.05) is 24.2 Å². The summed E-state index contributed by atoms with van der Waals surface area (Å²) in [5.74, 6) is -0.371. The van der Waals surface area contributed by atoms with E-state index in [9.17, 15) is 18.0 Å². The van der Waals surface area contributed by atoms with Gasteiger partial charge in [0.25, 0.3) is 0 Å². The minimum absolute atomic E-state index is 0.0740. The molecular weight excluding hydrogens is 541 g/mol. The molecule has 0 atom stereocenters. The van der Waals surface area contributed by atoms with Crippen LogP contribution in [-0.2, 0) is 14.8 Å². The standard InChI is InChI=1S/C25H25Cl2N3O4S2/c1-2-36(33,34)30-12-10-16(11-13-30)14-21(31)28-25-29-22(17-6-5-7-18(26)15-17)24(35-25)23(32)19-8-3-4-9-20(19)27/h3-9,15-16H,2,10-14H2,1H3,(H,28,29,31). The van der Waals surface area contributed by atoms with Crippen molar-refractivity contribution in [3.05, 3.63) is 69.0 Å². The van der Waals surface area contributed by atoms with Gasteiger partial charge in [-0.3, -0.25) is 9.59 Å². The molecule has 0 aliphatic carbocycles. The van der Waals surface area contributed by atoms with E-state index in [2.05, 4.69) is 10.3 Å². The van der Waals surface area contributed by atoms with Gasteiger partial charge >= 0.3 is 0 Å². The predicted octanol–water partition coefficient (Wildman–Crippen LogP) is 5.74. The Morgan fingerprint density at radius 3 is 2.50 bits per heavy atom. The van der Waals surface area contributed by atoms with E-state index in [4.69, 9.17) is 23.2 Å². The van der Waals surface area contributed by atoms with Crippen LogP contribution in [0.3, 0.4) is 0 Å². The fourth-order valence-corrected chi connectivity index (χ4v) is 6.64. The molecule has 7 nitrogen and oxygen atoms in total. The van der Waals surface area contributed by atoms with Crippen molar-refractivity contribution in [3.63, 3.8) is 0 Å². The molecule has 3 aromatic rings. The zero-order chi connectivity index (χ0) is 25.9. The lowest BCUT2D eigenvalue weighted by Gasteiger charge is -2.30. The summed E-state index contributed by atoms with van der Waals surface area (Å²) in [6, 6.07) is 13.8. The molecule has 0 radical (unpaired) electrons. The Morgan fingerprint density at radius 1 is 1.11 bits per heavy atom. The number of halogens is 2. The number of piperidine rings is 1. The number of aromatic nitrogens is 1. The molecule has 0 saturated carbocycles. The van der Waals surface area contributed by atoms with Gasteiger partial charge in [0, 0.05) is 35.7 Å². The van der Waals surface area contributed by atoms with Gasteiger partial charge in [0.2, 0.25) is 21.7 Å². The third kappa shape index (κ3) is 6.15. The number of amides is 1. The first kappa shape index (κ1) is 26.8. The number of hydrogen-bond donors (Lipinski definition) is 1. The van der Waals surface area contributed by atoms with E-state index in [-0.39, 0.29) is 29.8 Å². The van der Waals surface area contributed by atoms with Crippen LogP contribution in [0.4, 0.5) is 5.13 Å². The van der Waals surface area contributed by atoms with Crippen LogP contribution in [0.2, 0.25) is 10.0 Å². The minimum Gasteiger partial charge on any atom is -0.302 e. The molecule has 0 unspecified atom stereocenters. The van der Waals surface area contributed by atoms with E-state index in [1.807, 2.05) is 0 Å². The van der Waals surface area contributed by atoms with Crippen LogP contribution in [0.25, 0.3) is 11.3 Å². The summed E-state index contributed by atoms with van der Waals surface area (Å²) in [5.41, 5.74) is 1.41. The number of carbonyl (C=O) groups is 2. The van der Waals surface area contributed by atoms with Crippen LogP contribution >= 0.6 is 34.5 Å². The fourth-order valence-electron chi connectivity index (χ4n) is 4.13. The van der Waals surface area contributed by atoms with Crippen LogP contribution in [0.15, 0.2) is 48.5 Å². The Labute approximate surface area is 224 Å². The third-order valence-corrected chi connectivity index (χ3v) is 9.52. The van der Waals surface area contributed by atoms with Gasteiger partial charge in [-0.2, -0.15) is 0 Å². The Balaban J connectivity index is 1.53. The van der Waals surface area contributed by atoms with Gasteiger partial charge in [0.15, 0.2) is 5.13 Å². The summed E-state index contributed by atoms with van der Waals surface area (Å²) in [4.78, 5) is 31.1. The monoisotopic (exact) mass is 565 g/mol. The molecule has 1 fully saturated rings. The maximum atomic E-state index is 13.4. The number of carbonyl (C=O) groups excluding carboxylic acids is 2. The highest BCUT2D eigenvalue weighted by Gasteiger charge is 2.28. The Bertz CT molecular complexity index is 1380. The number of anilines is 1. The molecule has 1 aliphatic rings. The number of nitrogens with zero attached hydrogens (tertiary/aromatic N) is 2. The first-order valence-electron chi connectivity index (χ1n) is 11.5. The van der Waals surface area contributed by atoms with Crippen molar-refractivity contribution in [1.29, 1.82) is 0 Å². The molecular formula is C25H25Cl2N3O4S2. The number of rotatable bonds is 8. The molecule has 1 amide bonds. The summed E-state index contributed by atoms with van der Waals surface area (Å²) >= 11 is 13.5. The van der Waals surface area contributed by atoms with Crippen molar-refractivity contribution < 1.29 is 18.0 Å². The smallest absolute Gasteiger partial charge is 0.226 e. The topological polar surface area (TPSA) is 96.4 Å². The molecule has 0 bridgehead atoms. The molecule has 2 heterocycles. The van der Waals surface area contributed by atoms with Gasteiger partial charge in [-0.25, -0.2) is 17.7 Å². The number of thiazole rings is 1. The maximum absolute atomic E-state index is 13.4. The minimum atomic E-state index is -3.21. The number of hydrogen-bond acceptors (Lipinski definition) is 6. The van der Waals surface area contributed by atoms with Crippen LogP contribution in [0.1, 0.15) is 41.4 Å². The second-order valence-corrected chi connectivity index (χ2v) is 12.6. The van der Waals surface area contributed by atoms with Crippen LogP contribution in [0, 0.1) is 5.92 Å². The lowest BCUT2D eigenvalue weighted by Crippen LogP contribution is -2.39. The summed E-state index contributed by atoms with van der Waals surface area (Å²) in [7, 11) is -3.21. The van der Waals surface area contributed by atoms with E-state index in [0.717, 1.165) is 11.3 Å². The summed E-state index contributed by atoms with van der Waals surface area (Å²) in [6.07, 6.45) is 1.49. The number of sulfonamides is 1. The molecule has 1 aromatic heterocycles. The SMILES string of the molecule is CCS(=O)(=O)N1CCC(CC(=O)Nc2nc(-c3cccc(Cl)c3)c(C(=O)c3ccccc3Cl)s2)CC1. The molecule has 0 spiro atoms. The van der Waals surface area contributed by atoms with Gasteiger partial charge < -0.3 is 5.32 Å². The average molecular weight is 567 g/mol. The quantitative estimate of drug-likeness (QED) is 0.351. The van der Waals surface area contributed by atoms with E-state index in [1.165, 1.54) is 4.31 Å². The fraction of sp³-hybridized carbons (Fsp3) is 0.320. The third-order valence-electron chi connectivity index (χ3n) is 6.10. The van der Waals surface area contributed by atoms with Crippen molar-refractivity contribution >= 4 is 61.4 Å². The van der Waals surface area contributed by atoms with Gasteiger partial charge in [0.05, 0.1) is 16.5 Å². The molecule has 190 valence electrons. The number of benzene rings is 2. The molecule has 4 rings (SSSR count). The highest BCUT2D eigenvalue weighted by atomic mass is 35.5. The lowest BCUT2D eigenvalue weighted by molar-refractivity contribution is -0.117. The van der Waals surface area contributed by atoms with Crippen LogP contribution < -0.4 is 5.32 Å². The number of nitrogens with one attached hydrogen (secondary N) is 1. The second-order valence-electron chi connectivity index (χ2n) is 8.51. The zero-order valence-electron chi connectivity index (χ0n) is 19.5. The largest absolute Gasteiger partial charge is 0.302 e. The highest BCUT2D eigenvalue weighted by molar-refractivity contribution is 7.89. The van der Waals surface area contributed by atoms with E-state index in [0.29, 0.717) is 62.8 Å². The summed E-state index contributed by atoms with van der Waals surface area (Å²) in [6.45, 7) is 2.47.